The van der Waals surface area contributed by atoms with Gasteiger partial charge in [-0.05, 0) is 36.5 Å². The molecule has 4 nitrogen and oxygen atoms in total. The largest absolute Gasteiger partial charge is 0.381 e. The Labute approximate surface area is 117 Å². The lowest BCUT2D eigenvalue weighted by Crippen LogP contribution is -2.42. The smallest absolute Gasteiger partial charge is 0.229 e. The molecule has 0 saturated carbocycles. The highest BCUT2D eigenvalue weighted by Crippen LogP contribution is 2.41. The predicted octanol–water partition coefficient (Wildman–Crippen LogP) is 1.78. The highest BCUT2D eigenvalue weighted by molar-refractivity contribution is 5.93. The maximum absolute atomic E-state index is 13.2. The number of anilines is 1. The lowest BCUT2D eigenvalue weighted by atomic mass is 9.72. The molecule has 0 unspecified atom stereocenters. The van der Waals surface area contributed by atoms with E-state index in [2.05, 4.69) is 10.6 Å². The molecule has 2 aliphatic rings. The van der Waals surface area contributed by atoms with Crippen LogP contribution in [-0.2, 0) is 9.53 Å². The van der Waals surface area contributed by atoms with Crippen LogP contribution in [-0.4, -0.2) is 32.2 Å². The monoisotopic (exact) mass is 278 g/mol. The molecular formula is C15H19FN2O2. The van der Waals surface area contributed by atoms with Crippen LogP contribution in [0.4, 0.5) is 10.1 Å². The Morgan fingerprint density at radius 1 is 1.40 bits per heavy atom. The van der Waals surface area contributed by atoms with Crippen molar-refractivity contribution in [2.45, 2.75) is 12.8 Å². The molecular weight excluding hydrogens is 259 g/mol. The van der Waals surface area contributed by atoms with Gasteiger partial charge in [-0.15, -0.1) is 0 Å². The molecule has 20 heavy (non-hydrogen) atoms. The highest BCUT2D eigenvalue weighted by atomic mass is 19.1. The summed E-state index contributed by atoms with van der Waals surface area (Å²) in [6.45, 7) is 2.97. The number of nitrogens with one attached hydrogen (secondary N) is 2. The van der Waals surface area contributed by atoms with Crippen molar-refractivity contribution < 1.29 is 13.9 Å². The fourth-order valence-corrected chi connectivity index (χ4v) is 3.27. The zero-order valence-electron chi connectivity index (χ0n) is 11.3. The second-order valence-electron chi connectivity index (χ2n) is 5.66. The summed E-state index contributed by atoms with van der Waals surface area (Å²) in [5.74, 6) is -0.440. The molecule has 1 aromatic rings. The van der Waals surface area contributed by atoms with Crippen LogP contribution in [0.1, 0.15) is 12.8 Å². The van der Waals surface area contributed by atoms with Crippen LogP contribution in [0.5, 0.6) is 0 Å². The summed E-state index contributed by atoms with van der Waals surface area (Å²) in [6, 6.07) is 6.02. The van der Waals surface area contributed by atoms with Gasteiger partial charge in [0.25, 0.3) is 0 Å². The average Bonchev–Trinajstić information content (AvgIpc) is 2.83. The Morgan fingerprint density at radius 2 is 2.20 bits per heavy atom. The van der Waals surface area contributed by atoms with Gasteiger partial charge in [-0.25, -0.2) is 4.39 Å². The maximum atomic E-state index is 13.2. The van der Waals surface area contributed by atoms with Crippen LogP contribution < -0.4 is 10.6 Å². The molecule has 1 atom stereocenters. The molecule has 1 spiro atoms. The Bertz CT molecular complexity index is 500. The molecule has 1 aromatic carbocycles. The number of amides is 1. The molecule has 1 amide bonds. The van der Waals surface area contributed by atoms with Gasteiger partial charge in [0.05, 0.1) is 5.92 Å². The van der Waals surface area contributed by atoms with E-state index in [1.165, 1.54) is 12.1 Å². The van der Waals surface area contributed by atoms with Crippen LogP contribution in [0.25, 0.3) is 0 Å². The van der Waals surface area contributed by atoms with Crippen molar-refractivity contribution in [1.29, 1.82) is 0 Å². The maximum Gasteiger partial charge on any atom is 0.229 e. The number of hydrogen-bond donors (Lipinski definition) is 2. The molecule has 2 saturated heterocycles. The van der Waals surface area contributed by atoms with Crippen LogP contribution in [0, 0.1) is 17.2 Å². The first-order valence-electron chi connectivity index (χ1n) is 7.05. The second kappa shape index (κ2) is 5.50. The van der Waals surface area contributed by atoms with Gasteiger partial charge in [0.2, 0.25) is 5.91 Å². The van der Waals surface area contributed by atoms with E-state index in [4.69, 9.17) is 4.74 Å². The topological polar surface area (TPSA) is 50.4 Å². The van der Waals surface area contributed by atoms with Gasteiger partial charge >= 0.3 is 0 Å². The van der Waals surface area contributed by atoms with Crippen molar-refractivity contribution in [3.8, 4) is 0 Å². The zero-order valence-corrected chi connectivity index (χ0v) is 11.3. The Balaban J connectivity index is 1.73. The molecule has 5 heteroatoms. The van der Waals surface area contributed by atoms with E-state index >= 15 is 0 Å². The molecule has 2 heterocycles. The molecule has 2 fully saturated rings. The second-order valence-corrected chi connectivity index (χ2v) is 5.66. The Hall–Kier alpha value is -1.46. The molecule has 0 radical (unpaired) electrons. The first kappa shape index (κ1) is 13.5. The Kier molecular flexibility index (Phi) is 3.72. The number of rotatable bonds is 2. The van der Waals surface area contributed by atoms with E-state index in [-0.39, 0.29) is 23.1 Å². The number of carbonyl (C=O) groups is 1. The fourth-order valence-electron chi connectivity index (χ4n) is 3.27. The summed E-state index contributed by atoms with van der Waals surface area (Å²) in [4.78, 5) is 12.5. The first-order chi connectivity index (χ1) is 9.70. The van der Waals surface area contributed by atoms with Gasteiger partial charge in [0, 0.05) is 32.0 Å². The molecule has 2 N–H and O–H groups in total. The third-order valence-corrected chi connectivity index (χ3v) is 4.46. The van der Waals surface area contributed by atoms with E-state index in [1.54, 1.807) is 12.1 Å². The molecule has 108 valence electrons. The highest BCUT2D eigenvalue weighted by Gasteiger charge is 2.47. The van der Waals surface area contributed by atoms with E-state index < -0.39 is 0 Å². The van der Waals surface area contributed by atoms with Crippen molar-refractivity contribution >= 4 is 11.6 Å². The standard InChI is InChI=1S/C15H19FN2O2/c16-11-2-1-3-12(8-11)18-14(19)13-9-17-10-15(13)4-6-20-7-5-15/h1-3,8,13,17H,4-7,9-10H2,(H,18,19)/t13-/m1/s1. The minimum absolute atomic E-state index is 0.00431. The van der Waals surface area contributed by atoms with E-state index in [1.807, 2.05) is 0 Å². The number of halogens is 1. The minimum atomic E-state index is -0.340. The minimum Gasteiger partial charge on any atom is -0.381 e. The molecule has 0 aliphatic carbocycles. The molecule has 0 aromatic heterocycles. The van der Waals surface area contributed by atoms with Crippen molar-refractivity contribution in [3.05, 3.63) is 30.1 Å². The number of benzene rings is 1. The fraction of sp³-hybridized carbons (Fsp3) is 0.533. The number of carbonyl (C=O) groups excluding carboxylic acids is 1. The van der Waals surface area contributed by atoms with E-state index in [0.717, 1.165) is 19.4 Å². The number of hydrogen-bond acceptors (Lipinski definition) is 3. The third-order valence-electron chi connectivity index (χ3n) is 4.46. The molecule has 3 rings (SSSR count). The first-order valence-corrected chi connectivity index (χ1v) is 7.05. The Morgan fingerprint density at radius 3 is 2.95 bits per heavy atom. The van der Waals surface area contributed by atoms with Crippen LogP contribution in [0.15, 0.2) is 24.3 Å². The average molecular weight is 278 g/mol. The molecule has 2 aliphatic heterocycles. The zero-order chi connectivity index (χ0) is 14.0. The van der Waals surface area contributed by atoms with Crippen molar-refractivity contribution in [2.75, 3.05) is 31.6 Å². The predicted molar refractivity (Wildman–Crippen MR) is 73.9 cm³/mol. The summed E-state index contributed by atoms with van der Waals surface area (Å²) in [6.07, 6.45) is 1.81. The van der Waals surface area contributed by atoms with Crippen molar-refractivity contribution in [1.82, 2.24) is 5.32 Å². The van der Waals surface area contributed by atoms with Crippen LogP contribution >= 0.6 is 0 Å². The summed E-state index contributed by atoms with van der Waals surface area (Å²) < 4.78 is 18.6. The normalized spacial score (nSPS) is 24.8. The van der Waals surface area contributed by atoms with E-state index in [0.29, 0.717) is 25.4 Å². The van der Waals surface area contributed by atoms with Gasteiger partial charge in [0.1, 0.15) is 5.82 Å². The van der Waals surface area contributed by atoms with Gasteiger partial charge in [0.15, 0.2) is 0 Å². The van der Waals surface area contributed by atoms with Crippen molar-refractivity contribution in [2.24, 2.45) is 11.3 Å². The van der Waals surface area contributed by atoms with Gasteiger partial charge < -0.3 is 15.4 Å². The molecule has 0 bridgehead atoms. The van der Waals surface area contributed by atoms with E-state index in [9.17, 15) is 9.18 Å². The SMILES string of the molecule is O=C(Nc1cccc(F)c1)[C@H]1CNCC12CCOCC2. The summed E-state index contributed by atoms with van der Waals surface area (Å²) in [5, 5.41) is 6.16. The van der Waals surface area contributed by atoms with Crippen LogP contribution in [0.3, 0.4) is 0 Å². The number of ether oxygens (including phenoxy) is 1. The summed E-state index contributed by atoms with van der Waals surface area (Å²) in [7, 11) is 0. The van der Waals surface area contributed by atoms with Gasteiger partial charge in [-0.1, -0.05) is 6.07 Å². The quantitative estimate of drug-likeness (QED) is 0.867. The van der Waals surface area contributed by atoms with Gasteiger partial charge in [-0.2, -0.15) is 0 Å². The van der Waals surface area contributed by atoms with Crippen molar-refractivity contribution in [3.63, 3.8) is 0 Å². The lowest BCUT2D eigenvalue weighted by molar-refractivity contribution is -0.124. The summed E-state index contributed by atoms with van der Waals surface area (Å²) in [5.41, 5.74) is 0.513. The third kappa shape index (κ3) is 2.55. The summed E-state index contributed by atoms with van der Waals surface area (Å²) >= 11 is 0. The van der Waals surface area contributed by atoms with Gasteiger partial charge in [-0.3, -0.25) is 4.79 Å². The van der Waals surface area contributed by atoms with Crippen LogP contribution in [0.2, 0.25) is 0 Å². The lowest BCUT2D eigenvalue weighted by Gasteiger charge is -2.37.